The van der Waals surface area contributed by atoms with Crippen molar-refractivity contribution in [3.63, 3.8) is 0 Å². The van der Waals surface area contributed by atoms with Gasteiger partial charge in [-0.15, -0.1) is 0 Å². The van der Waals surface area contributed by atoms with Crippen LogP contribution >= 0.6 is 0 Å². The molecule has 134 valence electrons. The van der Waals surface area contributed by atoms with E-state index in [9.17, 15) is 14.7 Å². The summed E-state index contributed by atoms with van der Waals surface area (Å²) in [6.45, 7) is 3.44. The SMILES string of the molecule is Cc1[nH]c(/C=C2\C(=O)Nc3cc(-c4cccnc4)ccc32)c(C)c1C(=O)O. The number of aryl methyl sites for hydroxylation is 1. The summed E-state index contributed by atoms with van der Waals surface area (Å²) in [5, 5.41) is 12.2. The second-order valence-electron chi connectivity index (χ2n) is 6.48. The van der Waals surface area contributed by atoms with E-state index in [4.69, 9.17) is 0 Å². The van der Waals surface area contributed by atoms with Gasteiger partial charge in [-0.05, 0) is 43.2 Å². The largest absolute Gasteiger partial charge is 0.478 e. The number of carbonyl (C=O) groups excluding carboxylic acids is 1. The topological polar surface area (TPSA) is 95.1 Å². The lowest BCUT2D eigenvalue weighted by atomic mass is 10.0. The van der Waals surface area contributed by atoms with Gasteiger partial charge in [0.1, 0.15) is 0 Å². The molecule has 0 spiro atoms. The van der Waals surface area contributed by atoms with Crippen LogP contribution < -0.4 is 5.32 Å². The molecule has 0 saturated carbocycles. The van der Waals surface area contributed by atoms with Crippen LogP contribution in [-0.2, 0) is 4.79 Å². The van der Waals surface area contributed by atoms with Gasteiger partial charge in [0.05, 0.1) is 11.1 Å². The number of hydrogen-bond acceptors (Lipinski definition) is 3. The Morgan fingerprint density at radius 3 is 2.67 bits per heavy atom. The van der Waals surface area contributed by atoms with Crippen molar-refractivity contribution in [2.45, 2.75) is 13.8 Å². The molecule has 1 amide bonds. The van der Waals surface area contributed by atoms with E-state index in [1.54, 1.807) is 32.3 Å². The number of aromatic nitrogens is 2. The van der Waals surface area contributed by atoms with E-state index in [0.717, 1.165) is 22.4 Å². The Morgan fingerprint density at radius 2 is 2.00 bits per heavy atom. The number of nitrogens with one attached hydrogen (secondary N) is 2. The van der Waals surface area contributed by atoms with Crippen molar-refractivity contribution >= 4 is 29.2 Å². The Kier molecular flexibility index (Phi) is 3.88. The van der Waals surface area contributed by atoms with Crippen LogP contribution in [0.3, 0.4) is 0 Å². The average molecular weight is 359 g/mol. The van der Waals surface area contributed by atoms with Gasteiger partial charge in [0.15, 0.2) is 0 Å². The third kappa shape index (κ3) is 2.81. The normalized spacial score (nSPS) is 14.3. The van der Waals surface area contributed by atoms with Crippen LogP contribution in [0, 0.1) is 13.8 Å². The first-order valence-corrected chi connectivity index (χ1v) is 8.46. The van der Waals surface area contributed by atoms with Crippen LogP contribution in [0.5, 0.6) is 0 Å². The Morgan fingerprint density at radius 1 is 1.19 bits per heavy atom. The van der Waals surface area contributed by atoms with Crippen LogP contribution in [0.25, 0.3) is 22.8 Å². The molecule has 3 N–H and O–H groups in total. The molecule has 27 heavy (non-hydrogen) atoms. The van der Waals surface area contributed by atoms with Gasteiger partial charge in [0, 0.05) is 40.6 Å². The second kappa shape index (κ2) is 6.25. The molecule has 1 aromatic carbocycles. The van der Waals surface area contributed by atoms with Crippen LogP contribution in [0.2, 0.25) is 0 Å². The summed E-state index contributed by atoms with van der Waals surface area (Å²) in [6.07, 6.45) is 5.19. The zero-order valence-corrected chi connectivity index (χ0v) is 14.8. The maximum absolute atomic E-state index is 12.5. The molecule has 6 heteroatoms. The molecular formula is C21H17N3O3. The van der Waals surface area contributed by atoms with E-state index >= 15 is 0 Å². The van der Waals surface area contributed by atoms with Gasteiger partial charge in [-0.3, -0.25) is 9.78 Å². The Bertz CT molecular complexity index is 1110. The number of carboxylic acids is 1. The van der Waals surface area contributed by atoms with Crippen molar-refractivity contribution in [3.8, 4) is 11.1 Å². The zero-order chi connectivity index (χ0) is 19.1. The average Bonchev–Trinajstić information content (AvgIpc) is 3.11. The summed E-state index contributed by atoms with van der Waals surface area (Å²) in [4.78, 5) is 31.1. The van der Waals surface area contributed by atoms with E-state index in [-0.39, 0.29) is 11.5 Å². The van der Waals surface area contributed by atoms with Gasteiger partial charge in [0.25, 0.3) is 5.91 Å². The smallest absolute Gasteiger partial charge is 0.337 e. The van der Waals surface area contributed by atoms with Gasteiger partial charge in [-0.1, -0.05) is 18.2 Å². The fraction of sp³-hybridized carbons (Fsp3) is 0.0952. The van der Waals surface area contributed by atoms with Crippen molar-refractivity contribution in [3.05, 3.63) is 70.8 Å². The van der Waals surface area contributed by atoms with E-state index in [1.807, 2.05) is 30.3 Å². The zero-order valence-electron chi connectivity index (χ0n) is 14.8. The number of carbonyl (C=O) groups is 2. The molecule has 1 aliphatic rings. The Hall–Kier alpha value is -3.67. The number of nitrogens with zero attached hydrogens (tertiary/aromatic N) is 1. The molecule has 1 aliphatic heterocycles. The minimum absolute atomic E-state index is 0.211. The fourth-order valence-electron chi connectivity index (χ4n) is 3.43. The molecule has 0 unspecified atom stereocenters. The van der Waals surface area contributed by atoms with E-state index < -0.39 is 5.97 Å². The molecule has 6 nitrogen and oxygen atoms in total. The summed E-state index contributed by atoms with van der Waals surface area (Å²) >= 11 is 0. The highest BCUT2D eigenvalue weighted by Gasteiger charge is 2.26. The predicted molar refractivity (Wildman–Crippen MR) is 103 cm³/mol. The predicted octanol–water partition coefficient (Wildman–Crippen LogP) is 3.88. The summed E-state index contributed by atoms with van der Waals surface area (Å²) in [5.74, 6) is -1.19. The maximum atomic E-state index is 12.5. The highest BCUT2D eigenvalue weighted by atomic mass is 16.4. The van der Waals surface area contributed by atoms with Crippen molar-refractivity contribution in [1.82, 2.24) is 9.97 Å². The standard InChI is InChI=1S/C21H17N3O3/c1-11-17(23-12(2)19(11)21(26)27)9-16-15-6-5-13(8-18(15)24-20(16)25)14-4-3-7-22-10-14/h3-10,23H,1-2H3,(H,24,25)(H,26,27)/b16-9-. The quantitative estimate of drug-likeness (QED) is 0.618. The molecule has 0 atom stereocenters. The van der Waals surface area contributed by atoms with Crippen LogP contribution in [0.4, 0.5) is 5.69 Å². The number of fused-ring (bicyclic) bond motifs is 1. The summed E-state index contributed by atoms with van der Waals surface area (Å²) < 4.78 is 0. The molecule has 0 fully saturated rings. The number of hydrogen-bond donors (Lipinski definition) is 3. The molecule has 0 radical (unpaired) electrons. The molecule has 0 saturated heterocycles. The number of anilines is 1. The number of rotatable bonds is 3. The van der Waals surface area contributed by atoms with Crippen LogP contribution in [0.15, 0.2) is 42.7 Å². The molecule has 0 aliphatic carbocycles. The van der Waals surface area contributed by atoms with Crippen molar-refractivity contribution in [2.75, 3.05) is 5.32 Å². The van der Waals surface area contributed by atoms with Crippen LogP contribution in [-0.4, -0.2) is 27.0 Å². The van der Waals surface area contributed by atoms with Gasteiger partial charge >= 0.3 is 5.97 Å². The van der Waals surface area contributed by atoms with E-state index in [1.165, 1.54) is 0 Å². The first kappa shape index (κ1) is 16.8. The minimum atomic E-state index is -0.983. The Labute approximate surface area is 155 Å². The molecular weight excluding hydrogens is 342 g/mol. The lowest BCUT2D eigenvalue weighted by Gasteiger charge is -2.04. The number of benzene rings is 1. The third-order valence-corrected chi connectivity index (χ3v) is 4.78. The number of carboxylic acid groups (broad SMARTS) is 1. The molecule has 4 rings (SSSR count). The highest BCUT2D eigenvalue weighted by Crippen LogP contribution is 2.36. The second-order valence-corrected chi connectivity index (χ2v) is 6.48. The summed E-state index contributed by atoms with van der Waals surface area (Å²) in [6, 6.07) is 9.58. The molecule has 0 bridgehead atoms. The van der Waals surface area contributed by atoms with E-state index in [2.05, 4.69) is 15.3 Å². The van der Waals surface area contributed by atoms with Crippen molar-refractivity contribution in [2.24, 2.45) is 0 Å². The molecule has 3 aromatic rings. The lowest BCUT2D eigenvalue weighted by molar-refractivity contribution is -0.110. The lowest BCUT2D eigenvalue weighted by Crippen LogP contribution is -2.03. The Balaban J connectivity index is 1.78. The van der Waals surface area contributed by atoms with Gasteiger partial charge in [0.2, 0.25) is 0 Å². The molecule has 2 aromatic heterocycles. The first-order chi connectivity index (χ1) is 13.0. The highest BCUT2D eigenvalue weighted by molar-refractivity contribution is 6.35. The van der Waals surface area contributed by atoms with Gasteiger partial charge in [-0.25, -0.2) is 4.79 Å². The van der Waals surface area contributed by atoms with Crippen molar-refractivity contribution in [1.29, 1.82) is 0 Å². The number of aromatic carboxylic acids is 1. The van der Waals surface area contributed by atoms with Gasteiger partial charge < -0.3 is 15.4 Å². The number of amides is 1. The number of aromatic amines is 1. The minimum Gasteiger partial charge on any atom is -0.478 e. The maximum Gasteiger partial charge on any atom is 0.337 e. The third-order valence-electron chi connectivity index (χ3n) is 4.78. The molecule has 3 heterocycles. The van der Waals surface area contributed by atoms with Gasteiger partial charge in [-0.2, -0.15) is 0 Å². The summed E-state index contributed by atoms with van der Waals surface area (Å²) in [5.41, 5.74) is 5.99. The monoisotopic (exact) mass is 359 g/mol. The first-order valence-electron chi connectivity index (χ1n) is 8.46. The number of H-pyrrole nitrogens is 1. The van der Waals surface area contributed by atoms with Crippen molar-refractivity contribution < 1.29 is 14.7 Å². The fourth-order valence-corrected chi connectivity index (χ4v) is 3.43. The van der Waals surface area contributed by atoms with E-state index in [0.29, 0.717) is 22.5 Å². The van der Waals surface area contributed by atoms with Crippen LogP contribution in [0.1, 0.15) is 32.9 Å². The summed E-state index contributed by atoms with van der Waals surface area (Å²) in [7, 11) is 0. The number of pyridine rings is 1.